The van der Waals surface area contributed by atoms with E-state index in [1.807, 2.05) is 36.4 Å². The lowest BCUT2D eigenvalue weighted by molar-refractivity contribution is 1.17. The highest BCUT2D eigenvalue weighted by atomic mass is 15.1. The zero-order valence-electron chi connectivity index (χ0n) is 12.5. The molecule has 0 saturated heterocycles. The maximum Gasteiger partial charge on any atom is 0.227 e. The van der Waals surface area contributed by atoms with Gasteiger partial charge in [0.25, 0.3) is 0 Å². The summed E-state index contributed by atoms with van der Waals surface area (Å²) in [5, 5.41) is 5.67. The van der Waals surface area contributed by atoms with Crippen molar-refractivity contribution in [1.29, 1.82) is 0 Å². The lowest BCUT2D eigenvalue weighted by Gasteiger charge is -2.07. The van der Waals surface area contributed by atoms with Crippen LogP contribution in [0.2, 0.25) is 0 Å². The highest BCUT2D eigenvalue weighted by molar-refractivity contribution is 5.86. The van der Waals surface area contributed by atoms with Crippen LogP contribution >= 0.6 is 0 Å². The molecule has 4 rings (SSSR count). The van der Waals surface area contributed by atoms with E-state index < -0.39 is 0 Å². The molecule has 0 atom stereocenters. The number of hydrogen-bond acceptors (Lipinski definition) is 3. The molecule has 0 saturated carbocycles. The second-order valence-corrected chi connectivity index (χ2v) is 5.32. The Hall–Kier alpha value is -3.20. The van der Waals surface area contributed by atoms with Gasteiger partial charge in [0.1, 0.15) is 0 Å². The van der Waals surface area contributed by atoms with Gasteiger partial charge in [-0.15, -0.1) is 0 Å². The maximum absolute atomic E-state index is 4.62. The summed E-state index contributed by atoms with van der Waals surface area (Å²) in [6, 6.07) is 26.6. The van der Waals surface area contributed by atoms with Crippen LogP contribution in [0.15, 0.2) is 85.1 Å². The van der Waals surface area contributed by atoms with Gasteiger partial charge in [0, 0.05) is 17.4 Å². The Morgan fingerprint density at radius 1 is 0.696 bits per heavy atom. The fourth-order valence-corrected chi connectivity index (χ4v) is 2.58. The molecule has 0 aliphatic rings. The molecule has 4 aromatic rings. The lowest BCUT2D eigenvalue weighted by Crippen LogP contribution is -1.97. The monoisotopic (exact) mass is 297 g/mol. The summed E-state index contributed by atoms with van der Waals surface area (Å²) in [7, 11) is 0. The van der Waals surface area contributed by atoms with Crippen LogP contribution in [-0.2, 0) is 0 Å². The van der Waals surface area contributed by atoms with Gasteiger partial charge in [0.05, 0.1) is 5.69 Å². The molecule has 0 fully saturated rings. The van der Waals surface area contributed by atoms with Crippen molar-refractivity contribution >= 4 is 22.4 Å². The fraction of sp³-hybridized carbons (Fsp3) is 0. The first-order valence-corrected chi connectivity index (χ1v) is 7.53. The number of nitrogens with one attached hydrogen (secondary N) is 1. The predicted molar refractivity (Wildman–Crippen MR) is 94.7 cm³/mol. The van der Waals surface area contributed by atoms with Crippen molar-refractivity contribution in [1.82, 2.24) is 9.97 Å². The number of nitrogens with zero attached hydrogens (tertiary/aromatic N) is 2. The van der Waals surface area contributed by atoms with Crippen molar-refractivity contribution in [2.45, 2.75) is 0 Å². The molecular formula is C20H15N3. The zero-order chi connectivity index (χ0) is 15.5. The molecule has 23 heavy (non-hydrogen) atoms. The lowest BCUT2D eigenvalue weighted by atomic mass is 10.1. The van der Waals surface area contributed by atoms with E-state index in [1.54, 1.807) is 6.20 Å². The number of benzene rings is 3. The first-order valence-electron chi connectivity index (χ1n) is 7.53. The Balaban J connectivity index is 1.69. The second kappa shape index (κ2) is 5.89. The van der Waals surface area contributed by atoms with Crippen LogP contribution in [0, 0.1) is 0 Å². The summed E-state index contributed by atoms with van der Waals surface area (Å²) in [6.07, 6.45) is 1.78. The number of para-hydroxylation sites is 1. The third-order valence-electron chi connectivity index (χ3n) is 3.73. The van der Waals surface area contributed by atoms with Crippen LogP contribution in [0.3, 0.4) is 0 Å². The van der Waals surface area contributed by atoms with Gasteiger partial charge < -0.3 is 5.32 Å². The Kier molecular flexibility index (Phi) is 3.45. The standard InChI is InChI=1S/C20H15N3/c1-2-8-18(9-3-1)22-20-21-13-12-19(23-20)17-11-10-15-6-4-5-7-16(15)14-17/h1-14H,(H,21,22,23). The van der Waals surface area contributed by atoms with Gasteiger partial charge in [0.15, 0.2) is 0 Å². The summed E-state index contributed by atoms with van der Waals surface area (Å²) < 4.78 is 0. The highest BCUT2D eigenvalue weighted by Gasteiger charge is 2.04. The average Bonchev–Trinajstić information content (AvgIpc) is 2.62. The Morgan fingerprint density at radius 3 is 2.35 bits per heavy atom. The second-order valence-electron chi connectivity index (χ2n) is 5.32. The summed E-state index contributed by atoms with van der Waals surface area (Å²) in [4.78, 5) is 8.92. The van der Waals surface area contributed by atoms with Gasteiger partial charge >= 0.3 is 0 Å². The number of hydrogen-bond donors (Lipinski definition) is 1. The van der Waals surface area contributed by atoms with Crippen molar-refractivity contribution in [2.24, 2.45) is 0 Å². The highest BCUT2D eigenvalue weighted by Crippen LogP contribution is 2.24. The van der Waals surface area contributed by atoms with Crippen LogP contribution in [0.4, 0.5) is 11.6 Å². The normalized spacial score (nSPS) is 10.6. The number of fused-ring (bicyclic) bond motifs is 1. The number of anilines is 2. The van der Waals surface area contributed by atoms with E-state index in [-0.39, 0.29) is 0 Å². The molecule has 0 radical (unpaired) electrons. The molecule has 1 heterocycles. The Bertz CT molecular complexity index is 949. The Labute approximate surface area is 134 Å². The SMILES string of the molecule is c1ccc(Nc2nccc(-c3ccc4ccccc4c3)n2)cc1. The zero-order valence-corrected chi connectivity index (χ0v) is 12.5. The molecule has 0 amide bonds. The van der Waals surface area contributed by atoms with Crippen LogP contribution in [-0.4, -0.2) is 9.97 Å². The molecular weight excluding hydrogens is 282 g/mol. The minimum absolute atomic E-state index is 0.599. The third kappa shape index (κ3) is 2.90. The predicted octanol–water partition coefficient (Wildman–Crippen LogP) is 5.04. The van der Waals surface area contributed by atoms with Crippen molar-refractivity contribution in [2.75, 3.05) is 5.32 Å². The van der Waals surface area contributed by atoms with Gasteiger partial charge in [-0.1, -0.05) is 54.6 Å². The van der Waals surface area contributed by atoms with Gasteiger partial charge in [-0.05, 0) is 35.0 Å². The quantitative estimate of drug-likeness (QED) is 0.575. The van der Waals surface area contributed by atoms with Crippen molar-refractivity contribution in [3.05, 3.63) is 85.1 Å². The number of rotatable bonds is 3. The molecule has 3 heteroatoms. The smallest absolute Gasteiger partial charge is 0.227 e. The van der Waals surface area contributed by atoms with E-state index >= 15 is 0 Å². The molecule has 1 N–H and O–H groups in total. The number of aromatic nitrogens is 2. The van der Waals surface area contributed by atoms with E-state index in [2.05, 4.69) is 57.7 Å². The van der Waals surface area contributed by atoms with E-state index in [1.165, 1.54) is 10.8 Å². The summed E-state index contributed by atoms with van der Waals surface area (Å²) in [6.45, 7) is 0. The maximum atomic E-state index is 4.62. The van der Waals surface area contributed by atoms with Gasteiger partial charge in [-0.25, -0.2) is 9.97 Å². The van der Waals surface area contributed by atoms with Gasteiger partial charge in [-0.3, -0.25) is 0 Å². The molecule has 110 valence electrons. The minimum atomic E-state index is 0.599. The van der Waals surface area contributed by atoms with Gasteiger partial charge in [-0.2, -0.15) is 0 Å². The van der Waals surface area contributed by atoms with Gasteiger partial charge in [0.2, 0.25) is 5.95 Å². The largest absolute Gasteiger partial charge is 0.324 e. The Morgan fingerprint density at radius 2 is 1.48 bits per heavy atom. The summed E-state index contributed by atoms with van der Waals surface area (Å²) in [5.41, 5.74) is 2.97. The van der Waals surface area contributed by atoms with E-state index in [0.29, 0.717) is 5.95 Å². The van der Waals surface area contributed by atoms with E-state index in [9.17, 15) is 0 Å². The topological polar surface area (TPSA) is 37.8 Å². The molecule has 1 aromatic heterocycles. The van der Waals surface area contributed by atoms with Crippen LogP contribution in [0.5, 0.6) is 0 Å². The summed E-state index contributed by atoms with van der Waals surface area (Å²) >= 11 is 0. The van der Waals surface area contributed by atoms with Crippen LogP contribution in [0.25, 0.3) is 22.0 Å². The van der Waals surface area contributed by atoms with Crippen molar-refractivity contribution < 1.29 is 0 Å². The molecule has 0 unspecified atom stereocenters. The van der Waals surface area contributed by atoms with Crippen molar-refractivity contribution in [3.63, 3.8) is 0 Å². The molecule has 0 spiro atoms. The van der Waals surface area contributed by atoms with Crippen molar-refractivity contribution in [3.8, 4) is 11.3 Å². The average molecular weight is 297 g/mol. The fourth-order valence-electron chi connectivity index (χ4n) is 2.58. The first-order chi connectivity index (χ1) is 11.4. The molecule has 3 nitrogen and oxygen atoms in total. The molecule has 0 bridgehead atoms. The van der Waals surface area contributed by atoms with Crippen LogP contribution < -0.4 is 5.32 Å². The third-order valence-corrected chi connectivity index (χ3v) is 3.73. The van der Waals surface area contributed by atoms with E-state index in [4.69, 9.17) is 0 Å². The first kappa shape index (κ1) is 13.5. The molecule has 3 aromatic carbocycles. The van der Waals surface area contributed by atoms with E-state index in [0.717, 1.165) is 16.9 Å². The van der Waals surface area contributed by atoms with Crippen LogP contribution in [0.1, 0.15) is 0 Å². The summed E-state index contributed by atoms with van der Waals surface area (Å²) in [5.74, 6) is 0.599. The molecule has 0 aliphatic carbocycles. The minimum Gasteiger partial charge on any atom is -0.324 e. The molecule has 0 aliphatic heterocycles.